The Morgan fingerprint density at radius 1 is 0.507 bits per heavy atom. The number of hydrogen-bond acceptors (Lipinski definition) is 6. The van der Waals surface area contributed by atoms with Gasteiger partial charge in [-0.3, -0.25) is 19.6 Å². The molecule has 3 aliphatic rings. The molecule has 19 heteroatoms. The van der Waals surface area contributed by atoms with Gasteiger partial charge >= 0.3 is 12.7 Å². The molecule has 3 atom stereocenters. The molecule has 3 aliphatic heterocycles. The topological polar surface area (TPSA) is 80.6 Å². The van der Waals surface area contributed by atoms with Gasteiger partial charge in [0.05, 0.1) is 34.3 Å². The number of ether oxygens (including phenoxy) is 2. The van der Waals surface area contributed by atoms with Gasteiger partial charge in [0.25, 0.3) is 0 Å². The van der Waals surface area contributed by atoms with E-state index in [1.54, 1.807) is 24.3 Å². The van der Waals surface area contributed by atoms with Crippen LogP contribution in [0.4, 0.5) is 43.9 Å². The number of benzene rings is 6. The van der Waals surface area contributed by atoms with Crippen LogP contribution in [-0.4, -0.2) is 45.8 Å². The fourth-order valence-electron chi connectivity index (χ4n) is 7.62. The number of halogens is 12. The average Bonchev–Trinajstić information content (AvgIpc) is 4.02. The number of nitrogens with zero attached hydrogens (tertiary/aromatic N) is 3. The lowest BCUT2D eigenvalue weighted by atomic mass is 9.99. The first-order valence-corrected chi connectivity index (χ1v) is 21.6. The number of carbonyl (C=O) groups excluding carboxylic acids is 2. The van der Waals surface area contributed by atoms with Gasteiger partial charge in [-0.2, -0.15) is 4.42 Å². The molecule has 0 radical (unpaired) electrons. The number of hydrogen-bond donors (Lipinski definition) is 0. The second-order valence-corrected chi connectivity index (χ2v) is 16.4. The molecule has 1 fully saturated rings. The van der Waals surface area contributed by atoms with Gasteiger partial charge in [-0.05, 0) is 101 Å². The largest absolute Gasteiger partial charge is 0.573 e. The minimum absolute atomic E-state index is 0.0715. The number of amides is 2. The van der Waals surface area contributed by atoms with E-state index in [1.807, 2.05) is 36.4 Å². The molecule has 358 valence electrons. The van der Waals surface area contributed by atoms with Crippen LogP contribution in [-0.2, 0) is 9.59 Å². The van der Waals surface area contributed by atoms with Crippen LogP contribution in [0.3, 0.4) is 0 Å². The molecule has 3 unspecified atom stereocenters. The monoisotopic (exact) mass is 1000 g/mol. The summed E-state index contributed by atoms with van der Waals surface area (Å²) >= 11 is 11.5. The Morgan fingerprint density at radius 3 is 1.26 bits per heavy atom. The van der Waals surface area contributed by atoms with Crippen LogP contribution >= 0.6 is 23.4 Å². The molecule has 6 aromatic carbocycles. The van der Waals surface area contributed by atoms with Crippen molar-refractivity contribution in [3.8, 4) is 33.8 Å². The summed E-state index contributed by atoms with van der Waals surface area (Å²) in [7, 11) is 0. The summed E-state index contributed by atoms with van der Waals surface area (Å²) in [6.07, 6.45) is -7.42. The Hall–Kier alpha value is -6.72. The van der Waals surface area contributed by atoms with Crippen molar-refractivity contribution in [3.05, 3.63) is 179 Å². The molecule has 1 saturated heterocycles. The van der Waals surface area contributed by atoms with Crippen molar-refractivity contribution in [1.29, 1.82) is 0 Å². The third-order valence-corrected chi connectivity index (χ3v) is 11.6. The fourth-order valence-corrected chi connectivity index (χ4v) is 8.12. The predicted octanol–water partition coefficient (Wildman–Crippen LogP) is 14.2. The van der Waals surface area contributed by atoms with E-state index in [9.17, 15) is 53.5 Å². The summed E-state index contributed by atoms with van der Waals surface area (Å²) in [6.45, 7) is 0. The van der Waals surface area contributed by atoms with E-state index in [0.29, 0.717) is 35.0 Å². The Balaban J connectivity index is 0.000000176. The summed E-state index contributed by atoms with van der Waals surface area (Å²) in [5.74, 6) is -3.83. The number of carbonyl (C=O) groups is 2. The van der Waals surface area contributed by atoms with E-state index in [4.69, 9.17) is 23.4 Å². The van der Waals surface area contributed by atoms with Crippen molar-refractivity contribution < 1.29 is 63.0 Å². The maximum Gasteiger partial charge on any atom is 0.573 e. The van der Waals surface area contributed by atoms with Crippen molar-refractivity contribution in [3.63, 3.8) is 0 Å². The van der Waals surface area contributed by atoms with Crippen molar-refractivity contribution >= 4 is 46.6 Å². The summed E-state index contributed by atoms with van der Waals surface area (Å²) in [6, 6.07) is 32.6. The molecule has 69 heavy (non-hydrogen) atoms. The maximum absolute atomic E-state index is 14.1. The van der Waals surface area contributed by atoms with Gasteiger partial charge in [-0.1, -0.05) is 84.9 Å². The lowest BCUT2D eigenvalue weighted by Gasteiger charge is -2.11. The molecule has 0 aromatic heterocycles. The smallest absolute Gasteiger partial charge is 0.406 e. The molecule has 2 amide bonds. The van der Waals surface area contributed by atoms with Crippen LogP contribution in [0.5, 0.6) is 11.5 Å². The van der Waals surface area contributed by atoms with Crippen LogP contribution in [0.15, 0.2) is 143 Å². The molecule has 0 aliphatic carbocycles. The van der Waals surface area contributed by atoms with E-state index in [1.165, 1.54) is 60.7 Å². The first-order chi connectivity index (χ1) is 32.7. The average molecular weight is 1000 g/mol. The normalized spacial score (nSPS) is 17.9. The van der Waals surface area contributed by atoms with Crippen LogP contribution in [0, 0.1) is 23.3 Å². The highest BCUT2D eigenvalue weighted by Crippen LogP contribution is 2.37. The van der Waals surface area contributed by atoms with Gasteiger partial charge in [0, 0.05) is 30.3 Å². The molecular formula is C50H35Cl2F10N3O4. The number of alkyl halides is 7. The van der Waals surface area contributed by atoms with Crippen LogP contribution in [0.25, 0.3) is 22.3 Å². The third kappa shape index (κ3) is 12.9. The summed E-state index contributed by atoms with van der Waals surface area (Å²) in [4.78, 5) is 29.7. The molecular weight excluding hydrogens is 967 g/mol. The second kappa shape index (κ2) is 21.3. The third-order valence-electron chi connectivity index (χ3n) is 10.9. The Labute approximate surface area is 397 Å². The minimum atomic E-state index is -4.74. The maximum atomic E-state index is 14.1. The van der Waals surface area contributed by atoms with Crippen molar-refractivity contribution in [1.82, 2.24) is 4.42 Å². The molecule has 6 aromatic rings. The molecule has 0 N–H and O–H groups in total. The van der Waals surface area contributed by atoms with E-state index in [2.05, 4.69) is 19.5 Å². The highest BCUT2D eigenvalue weighted by molar-refractivity contribution is 6.36. The van der Waals surface area contributed by atoms with Crippen LogP contribution < -0.4 is 9.47 Å². The summed E-state index contributed by atoms with van der Waals surface area (Å²) < 4.78 is 138. The zero-order valence-electron chi connectivity index (χ0n) is 35.5. The van der Waals surface area contributed by atoms with E-state index < -0.39 is 41.4 Å². The molecule has 9 rings (SSSR count). The lowest BCUT2D eigenvalue weighted by Crippen LogP contribution is -2.16. The highest BCUT2D eigenvalue weighted by Gasteiger charge is 2.34. The van der Waals surface area contributed by atoms with Crippen molar-refractivity contribution in [2.24, 2.45) is 9.98 Å². The zero-order chi connectivity index (χ0) is 49.6. The van der Waals surface area contributed by atoms with Crippen molar-refractivity contribution in [2.75, 3.05) is 0 Å². The van der Waals surface area contributed by atoms with Gasteiger partial charge in [-0.15, -0.1) is 37.9 Å². The van der Waals surface area contributed by atoms with Gasteiger partial charge < -0.3 is 9.47 Å². The SMILES string of the molecule is Fc1cccc(F)c1C1=NC(c2ccc(-c3ccc(OC(F)(F)F)cc3)cc2)CC1.Fc1cccc(F)c1C1=NC(c2ccc(-c3ccc(OC(F)(F)F)cc3)cc2)CC1Cl.O=C1CCC(=O)N1Cl. The van der Waals surface area contributed by atoms with E-state index in [-0.39, 0.29) is 65.1 Å². The highest BCUT2D eigenvalue weighted by atomic mass is 35.5. The second-order valence-electron chi connectivity index (χ2n) is 15.5. The predicted molar refractivity (Wildman–Crippen MR) is 239 cm³/mol. The fraction of sp³-hybridized carbons (Fsp3) is 0.200. The lowest BCUT2D eigenvalue weighted by molar-refractivity contribution is -0.275. The molecule has 0 spiro atoms. The van der Waals surface area contributed by atoms with Gasteiger partial charge in [0.2, 0.25) is 11.8 Å². The summed E-state index contributed by atoms with van der Waals surface area (Å²) in [5.41, 5.74) is 5.10. The number of aliphatic imine (C=N–C) groups is 2. The van der Waals surface area contributed by atoms with E-state index >= 15 is 0 Å². The Morgan fingerprint density at radius 2 is 0.884 bits per heavy atom. The summed E-state index contributed by atoms with van der Waals surface area (Å²) in [5, 5.41) is -0.628. The molecule has 0 saturated carbocycles. The zero-order valence-corrected chi connectivity index (χ0v) is 37.0. The number of imide groups is 1. The van der Waals surface area contributed by atoms with Crippen molar-refractivity contribution in [2.45, 2.75) is 62.3 Å². The van der Waals surface area contributed by atoms with E-state index in [0.717, 1.165) is 39.9 Å². The van der Waals surface area contributed by atoms with Crippen LogP contribution in [0.1, 0.15) is 66.4 Å². The Bertz CT molecular complexity index is 2800. The number of rotatable bonds is 8. The van der Waals surface area contributed by atoms with Gasteiger partial charge in [0.15, 0.2) is 0 Å². The van der Waals surface area contributed by atoms with Gasteiger partial charge in [0.1, 0.15) is 34.8 Å². The van der Waals surface area contributed by atoms with Gasteiger partial charge in [-0.25, -0.2) is 17.6 Å². The molecule has 7 nitrogen and oxygen atoms in total. The minimum Gasteiger partial charge on any atom is -0.406 e. The standard InChI is InChI=1S/C23H15ClF5NO.C23H16F5NO.C4H4ClNO2/c24-17-12-20(30-22(17)21-18(25)2-1-3-19(21)26)15-6-4-13(5-7-15)14-8-10-16(11-9-14)31-23(27,28)29;24-18-2-1-3-19(25)22(18)21-13-12-20(29-21)16-6-4-14(5-7-16)15-8-10-17(11-9-15)30-23(26,27)28;5-6-3(7)1-2-4(6)8/h1-11,17,20H,12H2;1-11,20H,12-13H2;1-2H2. The molecule has 3 heterocycles. The molecule has 0 bridgehead atoms. The first kappa shape index (κ1) is 50.2. The quantitative estimate of drug-likeness (QED) is 0.0658. The van der Waals surface area contributed by atoms with Crippen LogP contribution in [0.2, 0.25) is 0 Å². The first-order valence-electron chi connectivity index (χ1n) is 20.8. The Kier molecular flexibility index (Phi) is 15.5.